The summed E-state index contributed by atoms with van der Waals surface area (Å²) in [5.74, 6) is 0. The van der Waals surface area contributed by atoms with Gasteiger partial charge in [-0.2, -0.15) is 0 Å². The van der Waals surface area contributed by atoms with E-state index >= 15 is 0 Å². The Labute approximate surface area is 100 Å². The molecule has 0 heterocycles. The van der Waals surface area contributed by atoms with E-state index in [2.05, 4.69) is 78.0 Å². The fraction of sp³-hybridized carbons (Fsp3) is 0.500. The highest BCUT2D eigenvalue weighted by Gasteiger charge is 2.13. The topological polar surface area (TPSA) is 0 Å². The van der Waals surface area contributed by atoms with E-state index in [1.165, 1.54) is 11.1 Å². The van der Waals surface area contributed by atoms with Crippen LogP contribution in [0.4, 0.5) is 0 Å². The minimum atomic E-state index is 0.228. The van der Waals surface area contributed by atoms with Crippen molar-refractivity contribution in [2.24, 2.45) is 5.41 Å². The summed E-state index contributed by atoms with van der Waals surface area (Å²) in [5.41, 5.74) is 3.16. The molecular formula is C16H24. The van der Waals surface area contributed by atoms with Crippen molar-refractivity contribution in [1.82, 2.24) is 0 Å². The highest BCUT2D eigenvalue weighted by atomic mass is 14.2. The van der Waals surface area contributed by atoms with Crippen LogP contribution in [0.1, 0.15) is 52.7 Å². The summed E-state index contributed by atoms with van der Waals surface area (Å²) in [7, 11) is 0. The van der Waals surface area contributed by atoms with Gasteiger partial charge in [0.05, 0.1) is 0 Å². The first-order valence-electron chi connectivity index (χ1n) is 5.98. The Morgan fingerprint density at radius 2 is 1.56 bits per heavy atom. The highest BCUT2D eigenvalue weighted by molar-refractivity contribution is 5.51. The summed E-state index contributed by atoms with van der Waals surface area (Å²) in [6.45, 7) is 13.4. The van der Waals surface area contributed by atoms with Crippen LogP contribution in [0.25, 0.3) is 6.08 Å². The Morgan fingerprint density at radius 1 is 0.938 bits per heavy atom. The van der Waals surface area contributed by atoms with Crippen LogP contribution in [0.15, 0.2) is 30.3 Å². The monoisotopic (exact) mass is 216 g/mol. The van der Waals surface area contributed by atoms with Crippen LogP contribution in [0.3, 0.4) is 0 Å². The molecule has 0 nitrogen and oxygen atoms in total. The number of allylic oxidation sites excluding steroid dienone is 1. The van der Waals surface area contributed by atoms with E-state index in [1.54, 1.807) is 0 Å². The second-order valence-electron chi connectivity index (χ2n) is 6.57. The van der Waals surface area contributed by atoms with Gasteiger partial charge in [-0.25, -0.2) is 0 Å². The van der Waals surface area contributed by atoms with Crippen LogP contribution >= 0.6 is 0 Å². The van der Waals surface area contributed by atoms with Crippen molar-refractivity contribution in [2.75, 3.05) is 0 Å². The van der Waals surface area contributed by atoms with Crippen LogP contribution in [-0.2, 0) is 5.41 Å². The summed E-state index contributed by atoms with van der Waals surface area (Å²) in [6.07, 6.45) is 4.48. The fourth-order valence-electron chi connectivity index (χ4n) is 1.46. The molecule has 0 bridgehead atoms. The van der Waals surface area contributed by atoms with Crippen molar-refractivity contribution in [3.8, 4) is 0 Å². The lowest BCUT2D eigenvalue weighted by atomic mass is 9.86. The van der Waals surface area contributed by atoms with Crippen molar-refractivity contribution in [1.29, 1.82) is 0 Å². The minimum absolute atomic E-state index is 0.228. The predicted octanol–water partition coefficient (Wildman–Crippen LogP) is 5.04. The molecule has 0 radical (unpaired) electrons. The van der Waals surface area contributed by atoms with Gasteiger partial charge in [-0.1, -0.05) is 78.0 Å². The van der Waals surface area contributed by atoms with Crippen molar-refractivity contribution in [2.45, 2.75) is 47.0 Å². The van der Waals surface area contributed by atoms with Gasteiger partial charge in [0, 0.05) is 0 Å². The Morgan fingerprint density at radius 3 is 2.06 bits per heavy atom. The summed E-state index contributed by atoms with van der Waals surface area (Å²) < 4.78 is 0. The molecule has 0 heteroatoms. The normalized spacial score (nSPS) is 13.4. The number of hydrogen-bond acceptors (Lipinski definition) is 0. The van der Waals surface area contributed by atoms with Crippen LogP contribution in [0.5, 0.6) is 0 Å². The molecule has 1 aromatic rings. The summed E-state index contributed by atoms with van der Waals surface area (Å²) in [4.78, 5) is 0. The Kier molecular flexibility index (Phi) is 3.62. The van der Waals surface area contributed by atoms with Crippen molar-refractivity contribution in [3.63, 3.8) is 0 Å². The molecule has 1 rings (SSSR count). The average molecular weight is 216 g/mol. The first kappa shape index (κ1) is 13.0. The smallest absolute Gasteiger partial charge is 0.0132 e. The summed E-state index contributed by atoms with van der Waals surface area (Å²) in [5, 5.41) is 0. The van der Waals surface area contributed by atoms with Gasteiger partial charge < -0.3 is 0 Å². The lowest BCUT2D eigenvalue weighted by molar-refractivity contribution is 0.547. The van der Waals surface area contributed by atoms with Crippen molar-refractivity contribution >= 4 is 6.08 Å². The van der Waals surface area contributed by atoms with E-state index in [0.29, 0.717) is 0 Å². The van der Waals surface area contributed by atoms with Crippen LogP contribution in [0, 0.1) is 5.41 Å². The van der Waals surface area contributed by atoms with E-state index in [4.69, 9.17) is 0 Å². The lowest BCUT2D eigenvalue weighted by Gasteiger charge is -2.19. The molecule has 16 heavy (non-hydrogen) atoms. The number of benzene rings is 1. The van der Waals surface area contributed by atoms with E-state index in [-0.39, 0.29) is 10.8 Å². The molecule has 0 aliphatic rings. The van der Waals surface area contributed by atoms with Gasteiger partial charge in [-0.05, 0) is 22.0 Å². The fourth-order valence-corrected chi connectivity index (χ4v) is 1.46. The maximum Gasteiger partial charge on any atom is -0.0132 e. The third kappa shape index (κ3) is 4.22. The van der Waals surface area contributed by atoms with E-state index in [9.17, 15) is 0 Å². The van der Waals surface area contributed by atoms with Gasteiger partial charge in [0.25, 0.3) is 0 Å². The molecular weight excluding hydrogens is 192 g/mol. The van der Waals surface area contributed by atoms with Crippen LogP contribution < -0.4 is 0 Å². The third-order valence-electron chi connectivity index (χ3n) is 2.53. The molecule has 0 unspecified atom stereocenters. The zero-order chi connectivity index (χ0) is 12.4. The maximum absolute atomic E-state index is 2.28. The molecule has 88 valence electrons. The molecule has 0 aliphatic heterocycles. The summed E-state index contributed by atoms with van der Waals surface area (Å²) in [6, 6.07) is 8.79. The Bertz CT molecular complexity index is 370. The zero-order valence-corrected chi connectivity index (χ0v) is 11.5. The minimum Gasteiger partial charge on any atom is -0.0785 e. The van der Waals surface area contributed by atoms with Crippen LogP contribution in [0.2, 0.25) is 0 Å². The molecule has 0 fully saturated rings. The Balaban J connectivity index is 2.96. The van der Waals surface area contributed by atoms with Gasteiger partial charge in [0.2, 0.25) is 0 Å². The van der Waals surface area contributed by atoms with Crippen molar-refractivity contribution in [3.05, 3.63) is 41.5 Å². The molecule has 0 spiro atoms. The van der Waals surface area contributed by atoms with Crippen molar-refractivity contribution < 1.29 is 0 Å². The quantitative estimate of drug-likeness (QED) is 0.616. The van der Waals surface area contributed by atoms with E-state index in [1.807, 2.05) is 0 Å². The SMILES string of the molecule is CC(C)(C)C=Cc1cccc(C(C)(C)C)c1. The third-order valence-corrected chi connectivity index (χ3v) is 2.53. The molecule has 1 aromatic carbocycles. The first-order chi connectivity index (χ1) is 7.18. The van der Waals surface area contributed by atoms with Gasteiger partial charge in [0.1, 0.15) is 0 Å². The largest absolute Gasteiger partial charge is 0.0785 e. The average Bonchev–Trinajstić information content (AvgIpc) is 2.13. The highest BCUT2D eigenvalue weighted by Crippen LogP contribution is 2.24. The van der Waals surface area contributed by atoms with Gasteiger partial charge in [0.15, 0.2) is 0 Å². The first-order valence-corrected chi connectivity index (χ1v) is 5.98. The second kappa shape index (κ2) is 4.45. The number of hydrogen-bond donors (Lipinski definition) is 0. The molecule has 0 N–H and O–H groups in total. The Hall–Kier alpha value is -1.04. The van der Waals surface area contributed by atoms with Gasteiger partial charge in [-0.3, -0.25) is 0 Å². The molecule has 0 aliphatic carbocycles. The molecule has 0 aromatic heterocycles. The molecule has 0 saturated heterocycles. The predicted molar refractivity (Wildman–Crippen MR) is 73.6 cm³/mol. The molecule has 0 amide bonds. The zero-order valence-electron chi connectivity index (χ0n) is 11.5. The second-order valence-corrected chi connectivity index (χ2v) is 6.57. The van der Waals surface area contributed by atoms with E-state index in [0.717, 1.165) is 0 Å². The standard InChI is InChI=1S/C16H24/c1-15(2,3)11-10-13-8-7-9-14(12-13)16(4,5)6/h7-12H,1-6H3. The number of rotatable bonds is 1. The lowest BCUT2D eigenvalue weighted by Crippen LogP contribution is -2.10. The van der Waals surface area contributed by atoms with Gasteiger partial charge in [-0.15, -0.1) is 0 Å². The molecule has 0 saturated carbocycles. The molecule has 0 atom stereocenters. The van der Waals surface area contributed by atoms with E-state index < -0.39 is 0 Å². The maximum atomic E-state index is 2.28. The van der Waals surface area contributed by atoms with Gasteiger partial charge >= 0.3 is 0 Å². The van der Waals surface area contributed by atoms with Crippen LogP contribution in [-0.4, -0.2) is 0 Å². The summed E-state index contributed by atoms with van der Waals surface area (Å²) >= 11 is 0.